The molecule has 0 saturated carbocycles. The summed E-state index contributed by atoms with van der Waals surface area (Å²) in [6.45, 7) is 8.22. The van der Waals surface area contributed by atoms with Gasteiger partial charge in [-0.3, -0.25) is 4.99 Å². The van der Waals surface area contributed by atoms with E-state index < -0.39 is 0 Å². The number of guanidine groups is 1. The first-order chi connectivity index (χ1) is 14.2. The van der Waals surface area contributed by atoms with Crippen molar-refractivity contribution in [3.63, 3.8) is 0 Å². The van der Waals surface area contributed by atoms with Gasteiger partial charge < -0.3 is 29.5 Å². The molecule has 1 aromatic rings. The van der Waals surface area contributed by atoms with E-state index in [9.17, 15) is 0 Å². The summed E-state index contributed by atoms with van der Waals surface area (Å²) in [6, 6.07) is 4.29. The Hall–Kier alpha value is -1.17. The summed E-state index contributed by atoms with van der Waals surface area (Å²) in [6.07, 6.45) is 4.56. The second kappa shape index (κ2) is 11.4. The first-order valence-corrected chi connectivity index (χ1v) is 10.8. The molecule has 0 radical (unpaired) electrons. The normalized spacial score (nSPS) is 25.9. The number of pyridine rings is 1. The minimum absolute atomic E-state index is 0. The van der Waals surface area contributed by atoms with Crippen molar-refractivity contribution in [1.82, 2.24) is 20.1 Å². The molecule has 8 nitrogen and oxygen atoms in total. The van der Waals surface area contributed by atoms with E-state index in [-0.39, 0.29) is 36.2 Å². The van der Waals surface area contributed by atoms with Crippen LogP contribution in [-0.4, -0.2) is 99.5 Å². The van der Waals surface area contributed by atoms with Crippen LogP contribution < -0.4 is 10.2 Å². The van der Waals surface area contributed by atoms with Gasteiger partial charge in [0.05, 0.1) is 12.7 Å². The molecule has 4 rings (SSSR count). The molecule has 0 spiro atoms. The largest absolute Gasteiger partial charge is 0.375 e. The van der Waals surface area contributed by atoms with Crippen LogP contribution in [0, 0.1) is 0 Å². The second-order valence-electron chi connectivity index (χ2n) is 8.12. The molecule has 2 unspecified atom stereocenters. The number of nitrogens with one attached hydrogen (secondary N) is 1. The van der Waals surface area contributed by atoms with E-state index in [4.69, 9.17) is 9.47 Å². The molecule has 168 valence electrons. The minimum Gasteiger partial charge on any atom is -0.375 e. The summed E-state index contributed by atoms with van der Waals surface area (Å²) < 4.78 is 11.8. The molecule has 9 heteroatoms. The van der Waals surface area contributed by atoms with Crippen molar-refractivity contribution in [2.24, 2.45) is 4.99 Å². The van der Waals surface area contributed by atoms with E-state index in [2.05, 4.69) is 49.2 Å². The third-order valence-corrected chi connectivity index (χ3v) is 6.07. The lowest BCUT2D eigenvalue weighted by Crippen LogP contribution is -2.53. The molecule has 2 atom stereocenters. The number of likely N-dealkylation sites (N-methyl/N-ethyl adjacent to an activating group) is 1. The van der Waals surface area contributed by atoms with Crippen molar-refractivity contribution in [3.8, 4) is 0 Å². The number of aromatic nitrogens is 1. The topological polar surface area (TPSA) is 65.5 Å². The summed E-state index contributed by atoms with van der Waals surface area (Å²) in [5, 5.41) is 3.49. The number of morpholine rings is 1. The maximum absolute atomic E-state index is 5.96. The predicted molar refractivity (Wildman–Crippen MR) is 130 cm³/mol. The fourth-order valence-electron chi connectivity index (χ4n) is 4.25. The predicted octanol–water partition coefficient (Wildman–Crippen LogP) is 1.41. The number of anilines is 1. The zero-order valence-electron chi connectivity index (χ0n) is 18.1. The molecule has 3 saturated heterocycles. The van der Waals surface area contributed by atoms with Crippen molar-refractivity contribution >= 4 is 35.8 Å². The molecule has 1 N–H and O–H groups in total. The van der Waals surface area contributed by atoms with Crippen LogP contribution in [0.15, 0.2) is 23.3 Å². The minimum atomic E-state index is 0. The number of aliphatic imine (C=N–C) groups is 1. The van der Waals surface area contributed by atoms with E-state index in [1.54, 1.807) is 0 Å². The molecule has 3 aliphatic rings. The van der Waals surface area contributed by atoms with Crippen LogP contribution in [-0.2, 0) is 16.0 Å². The average Bonchev–Trinajstić information content (AvgIpc) is 3.31. The van der Waals surface area contributed by atoms with Gasteiger partial charge in [-0.15, -0.1) is 24.0 Å². The Balaban J connectivity index is 0.00000256. The van der Waals surface area contributed by atoms with E-state index >= 15 is 0 Å². The Morgan fingerprint density at radius 1 is 1.13 bits per heavy atom. The summed E-state index contributed by atoms with van der Waals surface area (Å²) >= 11 is 0. The fourth-order valence-corrected chi connectivity index (χ4v) is 4.25. The van der Waals surface area contributed by atoms with Crippen LogP contribution in [0.1, 0.15) is 18.4 Å². The lowest BCUT2D eigenvalue weighted by molar-refractivity contribution is -0.0817. The van der Waals surface area contributed by atoms with E-state index in [0.717, 1.165) is 76.1 Å². The first kappa shape index (κ1) is 23.5. The Labute approximate surface area is 197 Å². The van der Waals surface area contributed by atoms with Crippen molar-refractivity contribution in [3.05, 3.63) is 23.9 Å². The molecular formula is C21H35IN6O2. The van der Waals surface area contributed by atoms with Crippen molar-refractivity contribution in [2.75, 3.05) is 71.5 Å². The number of ether oxygens (including phenoxy) is 2. The van der Waals surface area contributed by atoms with Gasteiger partial charge in [0, 0.05) is 65.7 Å². The van der Waals surface area contributed by atoms with Crippen molar-refractivity contribution in [1.29, 1.82) is 0 Å². The summed E-state index contributed by atoms with van der Waals surface area (Å²) in [5.74, 6) is 1.98. The van der Waals surface area contributed by atoms with Crippen LogP contribution in [0.2, 0.25) is 0 Å². The molecule has 30 heavy (non-hydrogen) atoms. The number of halogens is 1. The van der Waals surface area contributed by atoms with Crippen LogP contribution in [0.4, 0.5) is 5.82 Å². The van der Waals surface area contributed by atoms with E-state index in [0.29, 0.717) is 13.2 Å². The Morgan fingerprint density at radius 3 is 2.60 bits per heavy atom. The van der Waals surface area contributed by atoms with Gasteiger partial charge in [-0.05, 0) is 31.5 Å². The molecular weight excluding hydrogens is 495 g/mol. The van der Waals surface area contributed by atoms with Crippen molar-refractivity contribution in [2.45, 2.75) is 31.6 Å². The third-order valence-electron chi connectivity index (χ3n) is 6.07. The molecule has 3 aliphatic heterocycles. The van der Waals surface area contributed by atoms with E-state index in [1.807, 2.05) is 13.2 Å². The Morgan fingerprint density at radius 2 is 1.93 bits per heavy atom. The third kappa shape index (κ3) is 5.95. The molecule has 0 bridgehead atoms. The maximum atomic E-state index is 5.96. The monoisotopic (exact) mass is 530 g/mol. The smallest absolute Gasteiger partial charge is 0.194 e. The number of hydrogen-bond donors (Lipinski definition) is 1. The van der Waals surface area contributed by atoms with Crippen LogP contribution in [0.5, 0.6) is 0 Å². The zero-order chi connectivity index (χ0) is 20.1. The zero-order valence-corrected chi connectivity index (χ0v) is 20.5. The second-order valence-corrected chi connectivity index (χ2v) is 8.12. The highest BCUT2D eigenvalue weighted by Crippen LogP contribution is 2.21. The van der Waals surface area contributed by atoms with Gasteiger partial charge in [-0.25, -0.2) is 4.98 Å². The fraction of sp³-hybridized carbons (Fsp3) is 0.714. The number of piperazine rings is 1. The molecule has 1 aromatic heterocycles. The van der Waals surface area contributed by atoms with Gasteiger partial charge >= 0.3 is 0 Å². The Bertz CT molecular complexity index is 675. The Kier molecular flexibility index (Phi) is 8.97. The summed E-state index contributed by atoms with van der Waals surface area (Å²) in [4.78, 5) is 16.2. The molecule has 4 heterocycles. The SMILES string of the molecule is CN=C(NCc1ccc(N2CCN(C)CC2)nc1)N1CCOC(C2CCCO2)C1.I. The number of hydrogen-bond acceptors (Lipinski definition) is 6. The highest BCUT2D eigenvalue weighted by atomic mass is 127. The van der Waals surface area contributed by atoms with Gasteiger partial charge in [-0.2, -0.15) is 0 Å². The van der Waals surface area contributed by atoms with Gasteiger partial charge in [0.25, 0.3) is 0 Å². The summed E-state index contributed by atoms with van der Waals surface area (Å²) in [5.41, 5.74) is 1.16. The van der Waals surface area contributed by atoms with Gasteiger partial charge in [-0.1, -0.05) is 6.07 Å². The van der Waals surface area contributed by atoms with Crippen LogP contribution in [0.3, 0.4) is 0 Å². The average molecular weight is 530 g/mol. The molecule has 0 aliphatic carbocycles. The van der Waals surface area contributed by atoms with Gasteiger partial charge in [0.15, 0.2) is 5.96 Å². The number of rotatable bonds is 4. The first-order valence-electron chi connectivity index (χ1n) is 10.8. The molecule has 0 aromatic carbocycles. The summed E-state index contributed by atoms with van der Waals surface area (Å²) in [7, 11) is 4.01. The van der Waals surface area contributed by atoms with Crippen molar-refractivity contribution < 1.29 is 9.47 Å². The van der Waals surface area contributed by atoms with Gasteiger partial charge in [0.2, 0.25) is 0 Å². The molecule has 3 fully saturated rings. The lowest BCUT2D eigenvalue weighted by Gasteiger charge is -2.37. The standard InChI is InChI=1S/C21H34N6O2.HI/c1-22-21(27-11-13-29-19(16-27)18-4-3-12-28-18)24-15-17-5-6-20(23-14-17)26-9-7-25(2)8-10-26;/h5-6,14,18-19H,3-4,7-13,15-16H2,1-2H3,(H,22,24);1H. The maximum Gasteiger partial charge on any atom is 0.194 e. The highest BCUT2D eigenvalue weighted by molar-refractivity contribution is 14.0. The van der Waals surface area contributed by atoms with E-state index in [1.165, 1.54) is 0 Å². The lowest BCUT2D eigenvalue weighted by atomic mass is 10.1. The molecule has 0 amide bonds. The number of nitrogens with zero attached hydrogens (tertiary/aromatic N) is 5. The highest BCUT2D eigenvalue weighted by Gasteiger charge is 2.32. The van der Waals surface area contributed by atoms with Crippen LogP contribution in [0.25, 0.3) is 0 Å². The quantitative estimate of drug-likeness (QED) is 0.359. The van der Waals surface area contributed by atoms with Crippen LogP contribution >= 0.6 is 24.0 Å². The van der Waals surface area contributed by atoms with Gasteiger partial charge in [0.1, 0.15) is 11.9 Å².